The first-order valence-electron chi connectivity index (χ1n) is 8.02. The predicted octanol–water partition coefficient (Wildman–Crippen LogP) is 4.04. The number of carbonyl (C=O) groups excluding carboxylic acids is 2. The molecule has 0 aliphatic carbocycles. The van der Waals surface area contributed by atoms with Crippen molar-refractivity contribution in [3.8, 4) is 0 Å². The highest BCUT2D eigenvalue weighted by Gasteiger charge is 2.27. The second-order valence-electron chi connectivity index (χ2n) is 6.20. The number of primary amides is 1. The molecule has 0 saturated heterocycles. The largest absolute Gasteiger partial charge is 0.464 e. The van der Waals surface area contributed by atoms with Crippen LogP contribution in [0, 0.1) is 0 Å². The van der Waals surface area contributed by atoms with Crippen molar-refractivity contribution in [3.63, 3.8) is 0 Å². The topological polar surface area (TPSA) is 76.5 Å². The van der Waals surface area contributed by atoms with Crippen LogP contribution in [-0.2, 0) is 13.0 Å². The van der Waals surface area contributed by atoms with E-state index in [0.717, 1.165) is 16.5 Å². The molecule has 3 aromatic rings. The molecule has 0 radical (unpaired) electrons. The van der Waals surface area contributed by atoms with Crippen LogP contribution < -0.4 is 5.73 Å². The summed E-state index contributed by atoms with van der Waals surface area (Å²) >= 11 is 12.5. The van der Waals surface area contributed by atoms with Crippen LogP contribution in [0.2, 0.25) is 10.0 Å². The third kappa shape index (κ3) is 2.73. The van der Waals surface area contributed by atoms with Gasteiger partial charge in [0, 0.05) is 24.0 Å². The summed E-state index contributed by atoms with van der Waals surface area (Å²) in [4.78, 5) is 26.1. The van der Waals surface area contributed by atoms with E-state index in [1.165, 1.54) is 0 Å². The van der Waals surface area contributed by atoms with Gasteiger partial charge in [0.1, 0.15) is 5.58 Å². The lowest BCUT2D eigenvalue weighted by Gasteiger charge is -2.30. The third-order valence-corrected chi connectivity index (χ3v) is 5.36. The summed E-state index contributed by atoms with van der Waals surface area (Å²) in [5, 5.41) is 1.43. The lowest BCUT2D eigenvalue weighted by molar-refractivity contribution is 0.0734. The highest BCUT2D eigenvalue weighted by atomic mass is 35.5. The van der Waals surface area contributed by atoms with Crippen LogP contribution >= 0.6 is 23.2 Å². The number of hydrogen-bond acceptors (Lipinski definition) is 3. The summed E-state index contributed by atoms with van der Waals surface area (Å²) < 4.78 is 5.37. The highest BCUT2D eigenvalue weighted by Crippen LogP contribution is 2.34. The molecule has 0 bridgehead atoms. The molecule has 0 fully saturated rings. The van der Waals surface area contributed by atoms with Gasteiger partial charge in [-0.3, -0.25) is 9.59 Å². The SMILES string of the molecule is NC(=O)c1c(Cl)cc2c(c1Cl)CCN(C(=O)c1ccc3ccoc3c1)C2. The number of nitrogens with zero attached hydrogens (tertiary/aromatic N) is 1. The smallest absolute Gasteiger partial charge is 0.254 e. The zero-order valence-corrected chi connectivity index (χ0v) is 15.1. The fourth-order valence-corrected chi connectivity index (χ4v) is 4.10. The summed E-state index contributed by atoms with van der Waals surface area (Å²) in [6.07, 6.45) is 2.12. The van der Waals surface area contributed by atoms with Crippen LogP contribution in [0.1, 0.15) is 31.8 Å². The fourth-order valence-electron chi connectivity index (χ4n) is 3.32. The molecule has 7 heteroatoms. The van der Waals surface area contributed by atoms with Crippen LogP contribution in [0.5, 0.6) is 0 Å². The number of hydrogen-bond donors (Lipinski definition) is 1. The first-order valence-corrected chi connectivity index (χ1v) is 8.77. The Kier molecular flexibility index (Phi) is 4.13. The van der Waals surface area contributed by atoms with Crippen LogP contribution in [0.25, 0.3) is 11.0 Å². The van der Waals surface area contributed by atoms with Crippen LogP contribution in [0.4, 0.5) is 0 Å². The van der Waals surface area contributed by atoms with Crippen molar-refractivity contribution < 1.29 is 14.0 Å². The number of carbonyl (C=O) groups is 2. The second-order valence-corrected chi connectivity index (χ2v) is 6.98. The molecule has 4 rings (SSSR count). The van der Waals surface area contributed by atoms with Gasteiger partial charge in [-0.25, -0.2) is 0 Å². The Labute approximate surface area is 159 Å². The average molecular weight is 389 g/mol. The van der Waals surface area contributed by atoms with Crippen molar-refractivity contribution >= 4 is 46.0 Å². The quantitative estimate of drug-likeness (QED) is 0.719. The number of benzene rings is 2. The van der Waals surface area contributed by atoms with E-state index in [9.17, 15) is 9.59 Å². The first kappa shape index (κ1) is 16.9. The van der Waals surface area contributed by atoms with Crippen molar-refractivity contribution in [2.75, 3.05) is 6.54 Å². The van der Waals surface area contributed by atoms with Gasteiger partial charge in [-0.1, -0.05) is 29.3 Å². The molecule has 5 nitrogen and oxygen atoms in total. The molecule has 0 unspecified atom stereocenters. The molecule has 0 saturated carbocycles. The van der Waals surface area contributed by atoms with Gasteiger partial charge in [-0.05, 0) is 41.8 Å². The van der Waals surface area contributed by atoms with Crippen molar-refractivity contribution in [1.29, 1.82) is 0 Å². The monoisotopic (exact) mass is 388 g/mol. The van der Waals surface area contributed by atoms with Gasteiger partial charge in [-0.2, -0.15) is 0 Å². The van der Waals surface area contributed by atoms with Crippen molar-refractivity contribution in [1.82, 2.24) is 4.90 Å². The van der Waals surface area contributed by atoms with E-state index in [1.807, 2.05) is 12.1 Å². The Morgan fingerprint density at radius 1 is 1.15 bits per heavy atom. The number of halogens is 2. The number of rotatable bonds is 2. The predicted molar refractivity (Wildman–Crippen MR) is 99.6 cm³/mol. The van der Waals surface area contributed by atoms with Gasteiger partial charge in [0.05, 0.1) is 21.9 Å². The van der Waals surface area contributed by atoms with Gasteiger partial charge in [-0.15, -0.1) is 0 Å². The maximum absolute atomic E-state index is 12.9. The van der Waals surface area contributed by atoms with Gasteiger partial charge in [0.25, 0.3) is 11.8 Å². The lowest BCUT2D eigenvalue weighted by atomic mass is 9.96. The Bertz CT molecular complexity index is 1060. The van der Waals surface area contributed by atoms with Gasteiger partial charge in [0.15, 0.2) is 0 Å². The molecule has 1 aromatic heterocycles. The molecular formula is C19H14Cl2N2O3. The van der Waals surface area contributed by atoms with E-state index >= 15 is 0 Å². The van der Waals surface area contributed by atoms with Crippen molar-refractivity contribution in [2.45, 2.75) is 13.0 Å². The second kappa shape index (κ2) is 6.34. The molecule has 0 atom stereocenters. The van der Waals surface area contributed by atoms with E-state index in [0.29, 0.717) is 30.7 Å². The molecule has 2 N–H and O–H groups in total. The lowest BCUT2D eigenvalue weighted by Crippen LogP contribution is -2.36. The zero-order valence-electron chi connectivity index (χ0n) is 13.6. The third-order valence-electron chi connectivity index (χ3n) is 4.64. The Hall–Kier alpha value is -2.50. The Morgan fingerprint density at radius 2 is 1.96 bits per heavy atom. The number of furan rings is 1. The minimum atomic E-state index is -0.659. The van der Waals surface area contributed by atoms with Gasteiger partial charge in [0.2, 0.25) is 0 Å². The minimum absolute atomic E-state index is 0.0971. The molecule has 2 aromatic carbocycles. The van der Waals surface area contributed by atoms with E-state index in [1.54, 1.807) is 29.4 Å². The number of nitrogens with two attached hydrogens (primary N) is 1. The summed E-state index contributed by atoms with van der Waals surface area (Å²) in [6, 6.07) is 8.89. The van der Waals surface area contributed by atoms with Crippen LogP contribution in [0.3, 0.4) is 0 Å². The molecule has 1 aliphatic heterocycles. The van der Waals surface area contributed by atoms with Crippen LogP contribution in [-0.4, -0.2) is 23.3 Å². The highest BCUT2D eigenvalue weighted by molar-refractivity contribution is 6.40. The minimum Gasteiger partial charge on any atom is -0.464 e. The summed E-state index contributed by atoms with van der Waals surface area (Å²) in [6.45, 7) is 0.852. The maximum atomic E-state index is 12.9. The molecule has 2 amide bonds. The molecule has 0 spiro atoms. The summed E-state index contributed by atoms with van der Waals surface area (Å²) in [5.74, 6) is -0.756. The van der Waals surface area contributed by atoms with Crippen LogP contribution in [0.15, 0.2) is 41.0 Å². The van der Waals surface area contributed by atoms with Crippen molar-refractivity contribution in [2.24, 2.45) is 5.73 Å². The van der Waals surface area contributed by atoms with Gasteiger partial charge < -0.3 is 15.1 Å². The summed E-state index contributed by atoms with van der Waals surface area (Å²) in [5.41, 5.74) is 8.36. The maximum Gasteiger partial charge on any atom is 0.254 e. The van der Waals surface area contributed by atoms with E-state index < -0.39 is 5.91 Å². The number of fused-ring (bicyclic) bond motifs is 2. The van der Waals surface area contributed by atoms with E-state index in [2.05, 4.69) is 0 Å². The normalized spacial score (nSPS) is 13.7. The average Bonchev–Trinajstić information content (AvgIpc) is 3.07. The molecule has 26 heavy (non-hydrogen) atoms. The molecule has 2 heterocycles. The standard InChI is InChI=1S/C19H14Cl2N2O3/c20-14-7-12-9-23(5-3-13(12)17(21)16(14)18(22)24)19(25)11-2-1-10-4-6-26-15(10)8-11/h1-2,4,6-8H,3,5,9H2,(H2,22,24). The van der Waals surface area contributed by atoms with E-state index in [4.69, 9.17) is 33.4 Å². The molecule has 132 valence electrons. The Balaban J connectivity index is 1.65. The Morgan fingerprint density at radius 3 is 2.73 bits per heavy atom. The molecule has 1 aliphatic rings. The molecular weight excluding hydrogens is 375 g/mol. The first-order chi connectivity index (χ1) is 12.5. The van der Waals surface area contributed by atoms with E-state index in [-0.39, 0.29) is 21.5 Å². The fraction of sp³-hybridized carbons (Fsp3) is 0.158. The number of amides is 2. The van der Waals surface area contributed by atoms with Gasteiger partial charge >= 0.3 is 0 Å². The zero-order chi connectivity index (χ0) is 18.4. The summed E-state index contributed by atoms with van der Waals surface area (Å²) in [7, 11) is 0. The van der Waals surface area contributed by atoms with Crippen molar-refractivity contribution in [3.05, 3.63) is 68.9 Å².